The van der Waals surface area contributed by atoms with Crippen molar-refractivity contribution in [2.75, 3.05) is 0 Å². The third-order valence-electron chi connectivity index (χ3n) is 0. The van der Waals surface area contributed by atoms with E-state index in [2.05, 4.69) is 0 Å². The average molecular weight is 526 g/mol. The maximum absolute atomic E-state index is 7.17. The zero-order valence-corrected chi connectivity index (χ0v) is 19.2. The SMILES string of the molecule is Cl.O.O.O.O.O.O.OB(O)O.OB(O)O.OB(O)O.OB(O)O.[Cs+].[H-]. The van der Waals surface area contributed by atoms with E-state index in [1.807, 2.05) is 0 Å². The van der Waals surface area contributed by atoms with Gasteiger partial charge in [0.1, 0.15) is 0 Å². The van der Waals surface area contributed by atoms with Crippen LogP contribution in [0.5, 0.6) is 0 Å². The van der Waals surface area contributed by atoms with Crippen molar-refractivity contribution in [2.24, 2.45) is 0 Å². The molecule has 0 saturated carbocycles. The summed E-state index contributed by atoms with van der Waals surface area (Å²) in [7, 11) is -8.67. The van der Waals surface area contributed by atoms with E-state index in [4.69, 9.17) is 60.3 Å². The summed E-state index contributed by atoms with van der Waals surface area (Å²) in [6.07, 6.45) is 0. The predicted octanol–water partition coefficient (Wildman–Crippen LogP) is -15.6. The normalized spacial score (nSPS) is 4.50. The Hall–Kier alpha value is 1.88. The standard InChI is InChI=1S/4BH3O3.ClH.Cs.6H2O.H/c4*2-1(3)4;;;;;;;;;/h4*2-4H;1H;;6*1H2;/q;;;;;+1;;;;;;;-1. The molecular formula is H26B4ClCsO18. The Bertz CT molecular complexity index is 76.1. The summed E-state index contributed by atoms with van der Waals surface area (Å²) < 4.78 is 0. The summed E-state index contributed by atoms with van der Waals surface area (Å²) in [4.78, 5) is 0. The Labute approximate surface area is 202 Å². The Morgan fingerprint density at radius 2 is 0.333 bits per heavy atom. The molecule has 24 heavy (non-hydrogen) atoms. The fourth-order valence-corrected chi connectivity index (χ4v) is 0. The Kier molecular flexibility index (Phi) is 255. The van der Waals surface area contributed by atoms with Crippen molar-refractivity contribution in [3.63, 3.8) is 0 Å². The van der Waals surface area contributed by atoms with Gasteiger partial charge in [-0.15, -0.1) is 12.4 Å². The molecule has 0 spiro atoms. The number of rotatable bonds is 0. The van der Waals surface area contributed by atoms with Crippen molar-refractivity contribution in [3.8, 4) is 0 Å². The van der Waals surface area contributed by atoms with Crippen LogP contribution < -0.4 is 68.9 Å². The smallest absolute Gasteiger partial charge is 1.00 e. The zero-order valence-electron chi connectivity index (χ0n) is 13.1. The molecule has 24 N–H and O–H groups in total. The largest absolute Gasteiger partial charge is 1.00 e. The summed E-state index contributed by atoms with van der Waals surface area (Å²) in [6.45, 7) is 0. The first-order chi connectivity index (χ1) is 6.93. The second kappa shape index (κ2) is 73.6. The zero-order chi connectivity index (χ0) is 14.3. The molecule has 0 aromatic heterocycles. The monoisotopic (exact) mass is 526 g/mol. The topological polar surface area (TPSA) is 432 Å². The van der Waals surface area contributed by atoms with Crippen molar-refractivity contribution >= 4 is 41.7 Å². The Morgan fingerprint density at radius 3 is 0.333 bits per heavy atom. The van der Waals surface area contributed by atoms with Gasteiger partial charge in [0.25, 0.3) is 0 Å². The van der Waals surface area contributed by atoms with E-state index >= 15 is 0 Å². The molecule has 24 heteroatoms. The molecule has 0 unspecified atom stereocenters. The molecular weight excluding hydrogens is 500 g/mol. The third-order valence-corrected chi connectivity index (χ3v) is 0. The quantitative estimate of drug-likeness (QED) is 0.131. The second-order valence-electron chi connectivity index (χ2n) is 1.39. The van der Waals surface area contributed by atoms with Gasteiger partial charge >= 0.3 is 98.2 Å². The van der Waals surface area contributed by atoms with Crippen LogP contribution in [0.2, 0.25) is 0 Å². The molecule has 0 aliphatic heterocycles. The molecule has 0 amide bonds. The van der Waals surface area contributed by atoms with E-state index in [9.17, 15) is 0 Å². The number of halogens is 1. The van der Waals surface area contributed by atoms with Crippen LogP contribution in [0.4, 0.5) is 0 Å². The van der Waals surface area contributed by atoms with Gasteiger partial charge in [-0.3, -0.25) is 0 Å². The van der Waals surface area contributed by atoms with Crippen LogP contribution in [0, 0.1) is 0 Å². The van der Waals surface area contributed by atoms with Crippen molar-refractivity contribution in [1.29, 1.82) is 0 Å². The van der Waals surface area contributed by atoms with Crippen LogP contribution >= 0.6 is 12.4 Å². The van der Waals surface area contributed by atoms with Gasteiger partial charge in [-0.25, -0.2) is 0 Å². The van der Waals surface area contributed by atoms with Crippen molar-refractivity contribution in [3.05, 3.63) is 0 Å². The minimum absolute atomic E-state index is 0. The first-order valence-electron chi connectivity index (χ1n) is 3.10. The van der Waals surface area contributed by atoms with Gasteiger partial charge in [0.2, 0.25) is 0 Å². The molecule has 0 aliphatic carbocycles. The van der Waals surface area contributed by atoms with Gasteiger partial charge in [-0.2, -0.15) is 0 Å². The molecule has 18 nitrogen and oxygen atoms in total. The van der Waals surface area contributed by atoms with Crippen LogP contribution in [-0.4, -0.2) is 122 Å². The summed E-state index contributed by atoms with van der Waals surface area (Å²) in [5.74, 6) is 0. The molecule has 0 radical (unpaired) electrons. The van der Waals surface area contributed by atoms with Gasteiger partial charge in [0.15, 0.2) is 0 Å². The number of hydrogen-bond acceptors (Lipinski definition) is 12. The van der Waals surface area contributed by atoms with Crippen LogP contribution in [0.25, 0.3) is 0 Å². The maximum atomic E-state index is 7.17. The fourth-order valence-electron chi connectivity index (χ4n) is 0. The molecule has 154 valence electrons. The van der Waals surface area contributed by atoms with Crippen molar-refractivity contribution in [1.82, 2.24) is 0 Å². The Balaban J connectivity index is -0.00000000623. The van der Waals surface area contributed by atoms with E-state index in [-0.39, 0.29) is 116 Å². The molecule has 0 rings (SSSR count). The average Bonchev–Trinajstić information content (AvgIpc) is 1.76. The Morgan fingerprint density at radius 1 is 0.333 bits per heavy atom. The molecule has 0 fully saturated rings. The molecule has 0 bridgehead atoms. The van der Waals surface area contributed by atoms with E-state index < -0.39 is 29.3 Å². The van der Waals surface area contributed by atoms with Crippen LogP contribution in [-0.2, 0) is 0 Å². The first-order valence-corrected chi connectivity index (χ1v) is 3.10. The molecule has 0 aliphatic rings. The molecule has 0 saturated heterocycles. The van der Waals surface area contributed by atoms with Gasteiger partial charge in [-0.1, -0.05) is 0 Å². The summed E-state index contributed by atoms with van der Waals surface area (Å²) in [5.41, 5.74) is 0. The van der Waals surface area contributed by atoms with Crippen molar-refractivity contribution in [2.45, 2.75) is 0 Å². The maximum Gasteiger partial charge on any atom is 1.00 e. The fraction of sp³-hybridized carbons (Fsp3) is 0. The van der Waals surface area contributed by atoms with E-state index in [0.717, 1.165) is 0 Å². The summed E-state index contributed by atoms with van der Waals surface area (Å²) >= 11 is 0. The van der Waals surface area contributed by atoms with Crippen LogP contribution in [0.3, 0.4) is 0 Å². The molecule has 0 heterocycles. The van der Waals surface area contributed by atoms with Gasteiger partial charge in [-0.05, 0) is 0 Å². The predicted molar refractivity (Wildman–Crippen MR) is 79.7 cm³/mol. The summed E-state index contributed by atoms with van der Waals surface area (Å²) in [5, 5.41) is 86.0. The summed E-state index contributed by atoms with van der Waals surface area (Å²) in [6, 6.07) is 0. The second-order valence-corrected chi connectivity index (χ2v) is 1.39. The van der Waals surface area contributed by atoms with Crippen molar-refractivity contribution < 1.29 is 163 Å². The third kappa shape index (κ3) is 3530. The van der Waals surface area contributed by atoms with Gasteiger partial charge < -0.3 is 94.6 Å². The van der Waals surface area contributed by atoms with Gasteiger partial charge in [0, 0.05) is 0 Å². The first kappa shape index (κ1) is 83.2. The van der Waals surface area contributed by atoms with E-state index in [1.165, 1.54) is 0 Å². The number of hydrogen-bond donors (Lipinski definition) is 12. The van der Waals surface area contributed by atoms with E-state index in [1.54, 1.807) is 0 Å². The minimum atomic E-state index is -2.17. The van der Waals surface area contributed by atoms with E-state index in [0.29, 0.717) is 0 Å². The molecule has 0 aromatic rings. The molecule has 0 atom stereocenters. The molecule has 0 aromatic carbocycles. The van der Waals surface area contributed by atoms with Crippen LogP contribution in [0.15, 0.2) is 0 Å². The minimum Gasteiger partial charge on any atom is -1.00 e. The van der Waals surface area contributed by atoms with Crippen LogP contribution in [0.1, 0.15) is 1.43 Å². The van der Waals surface area contributed by atoms with Gasteiger partial charge in [0.05, 0.1) is 0 Å².